The maximum atomic E-state index is 12.0. The number of pyridine rings is 1. The van der Waals surface area contributed by atoms with Crippen LogP contribution in [0.5, 0.6) is 11.5 Å². The summed E-state index contributed by atoms with van der Waals surface area (Å²) >= 11 is 11.5. The minimum Gasteiger partial charge on any atom is -0.497 e. The van der Waals surface area contributed by atoms with Crippen molar-refractivity contribution in [3.05, 3.63) is 46.2 Å². The van der Waals surface area contributed by atoms with Gasteiger partial charge in [0.25, 0.3) is 5.91 Å². The maximum Gasteiger partial charge on any atom is 0.340 e. The molecule has 1 amide bonds. The van der Waals surface area contributed by atoms with Gasteiger partial charge in [0.05, 0.1) is 30.5 Å². The molecule has 1 aromatic carbocycles. The summed E-state index contributed by atoms with van der Waals surface area (Å²) < 4.78 is 15.2. The number of halogens is 2. The molecule has 132 valence electrons. The lowest BCUT2D eigenvalue weighted by Gasteiger charge is -2.11. The van der Waals surface area contributed by atoms with E-state index in [1.165, 1.54) is 26.5 Å². The smallest absolute Gasteiger partial charge is 0.340 e. The topological polar surface area (TPSA) is 86.8 Å². The summed E-state index contributed by atoms with van der Waals surface area (Å²) in [5.41, 5.74) is 0.504. The first kappa shape index (κ1) is 18.8. The third-order valence-corrected chi connectivity index (χ3v) is 3.74. The van der Waals surface area contributed by atoms with E-state index in [1.807, 2.05) is 0 Å². The van der Waals surface area contributed by atoms with Crippen molar-refractivity contribution in [1.82, 2.24) is 4.98 Å². The van der Waals surface area contributed by atoms with Crippen LogP contribution in [0.1, 0.15) is 10.4 Å². The molecule has 2 rings (SSSR count). The Labute approximate surface area is 153 Å². The van der Waals surface area contributed by atoms with Gasteiger partial charge in [0.1, 0.15) is 16.7 Å². The van der Waals surface area contributed by atoms with Gasteiger partial charge in [-0.15, -0.1) is 0 Å². The van der Waals surface area contributed by atoms with Crippen LogP contribution < -0.4 is 14.8 Å². The second kappa shape index (κ2) is 8.55. The molecule has 1 heterocycles. The molecule has 9 heteroatoms. The molecule has 0 aliphatic rings. The summed E-state index contributed by atoms with van der Waals surface area (Å²) in [5.74, 6) is -0.297. The van der Waals surface area contributed by atoms with Gasteiger partial charge in [-0.1, -0.05) is 23.2 Å². The van der Waals surface area contributed by atoms with Crippen LogP contribution in [-0.4, -0.2) is 37.7 Å². The quantitative estimate of drug-likeness (QED) is 0.607. The second-order valence-corrected chi connectivity index (χ2v) is 5.45. The van der Waals surface area contributed by atoms with Crippen LogP contribution in [-0.2, 0) is 9.53 Å². The Morgan fingerprint density at radius 2 is 1.92 bits per heavy atom. The Kier molecular flexibility index (Phi) is 6.44. The first-order valence-electron chi connectivity index (χ1n) is 6.94. The van der Waals surface area contributed by atoms with Crippen LogP contribution in [0.15, 0.2) is 30.5 Å². The van der Waals surface area contributed by atoms with Crippen LogP contribution >= 0.6 is 23.2 Å². The van der Waals surface area contributed by atoms with Gasteiger partial charge >= 0.3 is 5.97 Å². The zero-order valence-corrected chi connectivity index (χ0v) is 14.9. The van der Waals surface area contributed by atoms with Crippen molar-refractivity contribution >= 4 is 40.8 Å². The number of aromatic nitrogens is 1. The lowest BCUT2D eigenvalue weighted by molar-refractivity contribution is -0.119. The fourth-order valence-electron chi connectivity index (χ4n) is 1.84. The highest BCUT2D eigenvalue weighted by Crippen LogP contribution is 2.29. The predicted octanol–water partition coefficient (Wildman–Crippen LogP) is 3.20. The first-order chi connectivity index (χ1) is 11.9. The number of hydrogen-bond acceptors (Lipinski definition) is 6. The van der Waals surface area contributed by atoms with E-state index in [0.717, 1.165) is 0 Å². The van der Waals surface area contributed by atoms with Crippen LogP contribution in [0.2, 0.25) is 10.2 Å². The highest BCUT2D eigenvalue weighted by molar-refractivity contribution is 6.41. The van der Waals surface area contributed by atoms with E-state index in [-0.39, 0.29) is 15.7 Å². The number of anilines is 1. The van der Waals surface area contributed by atoms with E-state index < -0.39 is 18.5 Å². The highest BCUT2D eigenvalue weighted by Gasteiger charge is 2.14. The average Bonchev–Trinajstić information content (AvgIpc) is 2.62. The van der Waals surface area contributed by atoms with Gasteiger partial charge in [0.2, 0.25) is 0 Å². The first-order valence-corrected chi connectivity index (χ1v) is 7.70. The number of nitrogens with zero attached hydrogens (tertiary/aromatic N) is 1. The molecular formula is C16H14Cl2N2O5. The number of carbonyl (C=O) groups is 2. The van der Waals surface area contributed by atoms with Crippen LogP contribution in [0.25, 0.3) is 0 Å². The Morgan fingerprint density at radius 1 is 1.16 bits per heavy atom. The number of hydrogen-bond donors (Lipinski definition) is 1. The summed E-state index contributed by atoms with van der Waals surface area (Å²) in [6, 6.07) is 6.19. The number of methoxy groups -OCH3 is 2. The van der Waals surface area contributed by atoms with Gasteiger partial charge in [-0.3, -0.25) is 4.79 Å². The molecular weight excluding hydrogens is 371 g/mol. The van der Waals surface area contributed by atoms with Crippen molar-refractivity contribution < 1.29 is 23.8 Å². The molecule has 0 unspecified atom stereocenters. The number of carbonyl (C=O) groups excluding carboxylic acids is 2. The van der Waals surface area contributed by atoms with Gasteiger partial charge in [-0.05, 0) is 18.2 Å². The van der Waals surface area contributed by atoms with Crippen molar-refractivity contribution in [2.45, 2.75) is 0 Å². The number of benzene rings is 1. The van der Waals surface area contributed by atoms with E-state index in [1.54, 1.807) is 18.2 Å². The molecule has 1 aromatic heterocycles. The van der Waals surface area contributed by atoms with Gasteiger partial charge in [-0.2, -0.15) is 0 Å². The Balaban J connectivity index is 1.96. The molecule has 0 saturated carbocycles. The zero-order valence-electron chi connectivity index (χ0n) is 13.3. The van der Waals surface area contributed by atoms with Gasteiger partial charge in [0.15, 0.2) is 6.61 Å². The summed E-state index contributed by atoms with van der Waals surface area (Å²) in [6.07, 6.45) is 1.21. The van der Waals surface area contributed by atoms with Crippen LogP contribution in [0, 0.1) is 0 Å². The van der Waals surface area contributed by atoms with Gasteiger partial charge in [0, 0.05) is 12.3 Å². The van der Waals surface area contributed by atoms with E-state index in [4.69, 9.17) is 37.4 Å². The Bertz CT molecular complexity index is 798. The van der Waals surface area contributed by atoms with Crippen molar-refractivity contribution in [2.24, 2.45) is 0 Å². The molecule has 0 atom stereocenters. The Hall–Kier alpha value is -2.51. The number of rotatable bonds is 6. The van der Waals surface area contributed by atoms with E-state index >= 15 is 0 Å². The molecule has 7 nitrogen and oxygen atoms in total. The fourth-order valence-corrected chi connectivity index (χ4v) is 2.11. The largest absolute Gasteiger partial charge is 0.497 e. The Morgan fingerprint density at radius 3 is 2.56 bits per heavy atom. The lowest BCUT2D eigenvalue weighted by atomic mass is 10.2. The number of nitrogens with one attached hydrogen (secondary N) is 1. The summed E-state index contributed by atoms with van der Waals surface area (Å²) in [4.78, 5) is 27.6. The summed E-state index contributed by atoms with van der Waals surface area (Å²) in [6.45, 7) is -0.492. The average molecular weight is 385 g/mol. The molecule has 25 heavy (non-hydrogen) atoms. The molecule has 0 bridgehead atoms. The predicted molar refractivity (Wildman–Crippen MR) is 92.7 cm³/mol. The number of ether oxygens (including phenoxy) is 3. The minimum atomic E-state index is -0.747. The molecule has 0 aliphatic heterocycles. The summed E-state index contributed by atoms with van der Waals surface area (Å²) in [5, 5.41) is 2.77. The van der Waals surface area contributed by atoms with E-state index in [2.05, 4.69) is 10.3 Å². The van der Waals surface area contributed by atoms with Crippen molar-refractivity contribution in [2.75, 3.05) is 26.1 Å². The van der Waals surface area contributed by atoms with Crippen LogP contribution in [0.3, 0.4) is 0 Å². The molecule has 0 aliphatic carbocycles. The lowest BCUT2D eigenvalue weighted by Crippen LogP contribution is -2.21. The molecule has 0 spiro atoms. The van der Waals surface area contributed by atoms with Gasteiger partial charge < -0.3 is 19.5 Å². The summed E-state index contributed by atoms with van der Waals surface area (Å²) in [7, 11) is 2.98. The van der Waals surface area contributed by atoms with E-state index in [9.17, 15) is 9.59 Å². The van der Waals surface area contributed by atoms with Gasteiger partial charge in [-0.25, -0.2) is 9.78 Å². The van der Waals surface area contributed by atoms with Crippen molar-refractivity contribution in [1.29, 1.82) is 0 Å². The molecule has 1 N–H and O–H groups in total. The normalized spacial score (nSPS) is 10.1. The molecule has 2 aromatic rings. The van der Waals surface area contributed by atoms with Crippen molar-refractivity contribution in [3.63, 3.8) is 0 Å². The molecule has 0 fully saturated rings. The zero-order chi connectivity index (χ0) is 18.4. The molecule has 0 radical (unpaired) electrons. The third kappa shape index (κ3) is 4.98. The second-order valence-electron chi connectivity index (χ2n) is 4.69. The standard InChI is InChI=1S/C16H14Cl2N2O5/c1-23-10-3-4-12(13(6-10)24-2)20-14(21)8-25-16(22)9-5-11(17)15(18)19-7-9/h3-7H,8H2,1-2H3,(H,20,21). The monoisotopic (exact) mass is 384 g/mol. The number of esters is 1. The number of amides is 1. The molecule has 0 saturated heterocycles. The minimum absolute atomic E-state index is 0.0718. The van der Waals surface area contributed by atoms with Crippen molar-refractivity contribution in [3.8, 4) is 11.5 Å². The highest BCUT2D eigenvalue weighted by atomic mass is 35.5. The van der Waals surface area contributed by atoms with Crippen LogP contribution in [0.4, 0.5) is 5.69 Å². The fraction of sp³-hybridized carbons (Fsp3) is 0.188. The SMILES string of the molecule is COc1ccc(NC(=O)COC(=O)c2cnc(Cl)c(Cl)c2)c(OC)c1. The van der Waals surface area contributed by atoms with E-state index in [0.29, 0.717) is 17.2 Å². The maximum absolute atomic E-state index is 12.0. The third-order valence-electron chi connectivity index (χ3n) is 3.05.